The van der Waals surface area contributed by atoms with Crippen LogP contribution in [0.15, 0.2) is 27.6 Å². The predicted molar refractivity (Wildman–Crippen MR) is 79.9 cm³/mol. The van der Waals surface area contributed by atoms with E-state index in [1.807, 2.05) is 6.92 Å². The zero-order valence-electron chi connectivity index (χ0n) is 11.5. The van der Waals surface area contributed by atoms with E-state index < -0.39 is 16.0 Å². The first-order chi connectivity index (χ1) is 9.86. The number of benzene rings is 1. The monoisotopic (exact) mass is 377 g/mol. The van der Waals surface area contributed by atoms with Crippen molar-refractivity contribution >= 4 is 31.9 Å². The van der Waals surface area contributed by atoms with Crippen molar-refractivity contribution in [3.8, 4) is 0 Å². The molecule has 0 aliphatic carbocycles. The van der Waals surface area contributed by atoms with E-state index in [0.29, 0.717) is 11.1 Å². The van der Waals surface area contributed by atoms with E-state index in [2.05, 4.69) is 15.9 Å². The summed E-state index contributed by atoms with van der Waals surface area (Å²) < 4.78 is 32.5. The van der Waals surface area contributed by atoms with Crippen molar-refractivity contribution < 1.29 is 23.1 Å². The number of hydrogen-bond donors (Lipinski definition) is 1. The molecule has 6 nitrogen and oxygen atoms in total. The Kier molecular flexibility index (Phi) is 5.03. The van der Waals surface area contributed by atoms with E-state index in [9.17, 15) is 13.2 Å². The van der Waals surface area contributed by atoms with Gasteiger partial charge in [0.25, 0.3) is 0 Å². The molecule has 0 saturated carbocycles. The number of halogens is 1. The van der Waals surface area contributed by atoms with E-state index in [-0.39, 0.29) is 29.7 Å². The number of nitrogens with zero attached hydrogens (tertiary/aromatic N) is 1. The second-order valence-electron chi connectivity index (χ2n) is 4.71. The molecule has 1 saturated heterocycles. The molecule has 1 N–H and O–H groups in total. The molecule has 1 unspecified atom stereocenters. The van der Waals surface area contributed by atoms with Crippen LogP contribution < -0.4 is 0 Å². The Hall–Kier alpha value is -0.960. The van der Waals surface area contributed by atoms with Crippen LogP contribution in [0.3, 0.4) is 0 Å². The summed E-state index contributed by atoms with van der Waals surface area (Å²) in [7, 11) is -3.75. The van der Waals surface area contributed by atoms with Crippen LogP contribution in [0.4, 0.5) is 0 Å². The Bertz CT molecular complexity index is 646. The molecule has 21 heavy (non-hydrogen) atoms. The molecule has 1 fully saturated rings. The molecule has 8 heteroatoms. The molecule has 1 aromatic rings. The topological polar surface area (TPSA) is 83.9 Å². The van der Waals surface area contributed by atoms with Crippen molar-refractivity contribution in [2.45, 2.75) is 24.3 Å². The fraction of sp³-hybridized carbons (Fsp3) is 0.462. The molecule has 0 bridgehead atoms. The zero-order chi connectivity index (χ0) is 15.6. The Morgan fingerprint density at radius 2 is 2.24 bits per heavy atom. The number of rotatable bonds is 4. The molecule has 0 amide bonds. The Morgan fingerprint density at radius 1 is 1.52 bits per heavy atom. The van der Waals surface area contributed by atoms with Gasteiger partial charge in [0, 0.05) is 17.6 Å². The van der Waals surface area contributed by atoms with Crippen molar-refractivity contribution in [2.75, 3.05) is 19.7 Å². The van der Waals surface area contributed by atoms with Gasteiger partial charge in [0.05, 0.1) is 23.2 Å². The van der Waals surface area contributed by atoms with E-state index >= 15 is 0 Å². The number of carboxylic acids is 1. The molecule has 2 rings (SSSR count). The highest BCUT2D eigenvalue weighted by Crippen LogP contribution is 2.27. The highest BCUT2D eigenvalue weighted by Gasteiger charge is 2.31. The number of ether oxygens (including phenoxy) is 1. The lowest BCUT2D eigenvalue weighted by Crippen LogP contribution is -2.45. The molecule has 1 aliphatic rings. The van der Waals surface area contributed by atoms with Crippen molar-refractivity contribution in [2.24, 2.45) is 0 Å². The van der Waals surface area contributed by atoms with Gasteiger partial charge in [-0.15, -0.1) is 0 Å². The lowest BCUT2D eigenvalue weighted by atomic mass is 10.2. The SMILES string of the molecule is CCC1CN(S(=O)(=O)c2cc(C(=O)O)ccc2Br)CCO1. The second kappa shape index (κ2) is 6.43. The lowest BCUT2D eigenvalue weighted by molar-refractivity contribution is -0.00279. The predicted octanol–water partition coefficient (Wildman–Crippen LogP) is 1.95. The average Bonchev–Trinajstić information content (AvgIpc) is 2.47. The summed E-state index contributed by atoms with van der Waals surface area (Å²) in [4.78, 5) is 11.0. The molecule has 0 spiro atoms. The van der Waals surface area contributed by atoms with E-state index in [0.717, 1.165) is 6.42 Å². The minimum atomic E-state index is -3.75. The van der Waals surface area contributed by atoms with Crippen molar-refractivity contribution in [1.29, 1.82) is 0 Å². The molecular formula is C13H16BrNO5S. The average molecular weight is 378 g/mol. The first-order valence-electron chi connectivity index (χ1n) is 6.51. The quantitative estimate of drug-likeness (QED) is 0.866. The molecule has 0 radical (unpaired) electrons. The second-order valence-corrected chi connectivity index (χ2v) is 7.48. The molecule has 0 aromatic heterocycles. The minimum absolute atomic E-state index is 0.0286. The summed E-state index contributed by atoms with van der Waals surface area (Å²) in [6.07, 6.45) is 0.595. The number of carbonyl (C=O) groups is 1. The highest BCUT2D eigenvalue weighted by atomic mass is 79.9. The number of morpholine rings is 1. The van der Waals surface area contributed by atoms with Crippen LogP contribution >= 0.6 is 15.9 Å². The van der Waals surface area contributed by atoms with Crippen LogP contribution in [0.5, 0.6) is 0 Å². The maximum atomic E-state index is 12.7. The first-order valence-corrected chi connectivity index (χ1v) is 8.74. The third-order valence-corrected chi connectivity index (χ3v) is 6.21. The van der Waals surface area contributed by atoms with Crippen LogP contribution in [0, 0.1) is 0 Å². The number of sulfonamides is 1. The van der Waals surface area contributed by atoms with Gasteiger partial charge in [-0.25, -0.2) is 13.2 Å². The fourth-order valence-electron chi connectivity index (χ4n) is 2.13. The number of carboxylic acid groups (broad SMARTS) is 1. The van der Waals surface area contributed by atoms with Crippen molar-refractivity contribution in [1.82, 2.24) is 4.31 Å². The van der Waals surface area contributed by atoms with E-state index in [4.69, 9.17) is 9.84 Å². The molecule has 1 heterocycles. The van der Waals surface area contributed by atoms with Gasteiger partial charge in [-0.05, 0) is 40.5 Å². The molecular weight excluding hydrogens is 362 g/mol. The van der Waals surface area contributed by atoms with Gasteiger partial charge in [-0.1, -0.05) is 6.92 Å². The smallest absolute Gasteiger partial charge is 0.335 e. The molecule has 1 aliphatic heterocycles. The maximum absolute atomic E-state index is 12.7. The summed E-state index contributed by atoms with van der Waals surface area (Å²) in [5.41, 5.74) is -0.0583. The Labute approximate surface area is 131 Å². The van der Waals surface area contributed by atoms with Crippen molar-refractivity contribution in [3.63, 3.8) is 0 Å². The highest BCUT2D eigenvalue weighted by molar-refractivity contribution is 9.10. The summed E-state index contributed by atoms with van der Waals surface area (Å²) >= 11 is 3.18. The van der Waals surface area contributed by atoms with Crippen LogP contribution in [0.1, 0.15) is 23.7 Å². The number of hydrogen-bond acceptors (Lipinski definition) is 4. The third-order valence-electron chi connectivity index (χ3n) is 3.35. The Balaban J connectivity index is 2.39. The molecule has 1 atom stereocenters. The van der Waals surface area contributed by atoms with Gasteiger partial charge in [-0.2, -0.15) is 4.31 Å². The van der Waals surface area contributed by atoms with Gasteiger partial charge in [0.2, 0.25) is 10.0 Å². The summed E-state index contributed by atoms with van der Waals surface area (Å²) in [6, 6.07) is 3.98. The molecule has 1 aromatic carbocycles. The van der Waals surface area contributed by atoms with Crippen LogP contribution in [-0.4, -0.2) is 49.6 Å². The van der Waals surface area contributed by atoms with Gasteiger partial charge < -0.3 is 9.84 Å². The van der Waals surface area contributed by atoms with Crippen molar-refractivity contribution in [3.05, 3.63) is 28.2 Å². The number of aromatic carboxylic acids is 1. The van der Waals surface area contributed by atoms with Crippen LogP contribution in [0.25, 0.3) is 0 Å². The van der Waals surface area contributed by atoms with Gasteiger partial charge in [0.1, 0.15) is 0 Å². The fourth-order valence-corrected chi connectivity index (χ4v) is 4.54. The minimum Gasteiger partial charge on any atom is -0.478 e. The van der Waals surface area contributed by atoms with E-state index in [1.54, 1.807) is 0 Å². The third kappa shape index (κ3) is 3.45. The first kappa shape index (κ1) is 16.4. The normalized spacial score (nSPS) is 20.4. The lowest BCUT2D eigenvalue weighted by Gasteiger charge is -2.31. The molecule has 116 valence electrons. The largest absolute Gasteiger partial charge is 0.478 e. The maximum Gasteiger partial charge on any atom is 0.335 e. The van der Waals surface area contributed by atoms with Gasteiger partial charge in [0.15, 0.2) is 0 Å². The van der Waals surface area contributed by atoms with Gasteiger partial charge in [-0.3, -0.25) is 0 Å². The summed E-state index contributed by atoms with van der Waals surface area (Å²) in [5.74, 6) is -1.16. The summed E-state index contributed by atoms with van der Waals surface area (Å²) in [5, 5.41) is 9.01. The standard InChI is InChI=1S/C13H16BrNO5S/c1-2-10-8-15(5-6-20-10)21(18,19)12-7-9(13(16)17)3-4-11(12)14/h3-4,7,10H,2,5-6,8H2,1H3,(H,16,17). The van der Waals surface area contributed by atoms with Crippen LogP contribution in [-0.2, 0) is 14.8 Å². The van der Waals surface area contributed by atoms with E-state index in [1.165, 1.54) is 22.5 Å². The van der Waals surface area contributed by atoms with Crippen LogP contribution in [0.2, 0.25) is 0 Å². The Morgan fingerprint density at radius 3 is 2.86 bits per heavy atom. The summed E-state index contributed by atoms with van der Waals surface area (Å²) in [6.45, 7) is 2.82. The zero-order valence-corrected chi connectivity index (χ0v) is 13.9. The van der Waals surface area contributed by atoms with Gasteiger partial charge >= 0.3 is 5.97 Å².